The molecule has 0 N–H and O–H groups in total. The van der Waals surface area contributed by atoms with Gasteiger partial charge in [-0.2, -0.15) is 0 Å². The van der Waals surface area contributed by atoms with Crippen LogP contribution in [0.3, 0.4) is 0 Å². The van der Waals surface area contributed by atoms with Crippen LogP contribution in [-0.4, -0.2) is 13.4 Å². The Labute approximate surface area is 97.8 Å². The topological polar surface area (TPSA) is 26.3 Å². The highest BCUT2D eigenvalue weighted by Crippen LogP contribution is 2.44. The maximum Gasteiger partial charge on any atom is 0.127 e. The summed E-state index contributed by atoms with van der Waals surface area (Å²) in [7, 11) is 1.65. The first-order valence-corrected chi connectivity index (χ1v) is 5.79. The monoisotopic (exact) mass is 268 g/mol. The molecule has 1 aromatic carbocycles. The van der Waals surface area contributed by atoms with Gasteiger partial charge in [-0.15, -0.1) is 0 Å². The van der Waals surface area contributed by atoms with Gasteiger partial charge in [0.25, 0.3) is 0 Å². The number of carbonyl (C=O) groups is 1. The molecule has 0 amide bonds. The first-order chi connectivity index (χ1) is 7.19. The third-order valence-electron chi connectivity index (χ3n) is 3.10. The molecule has 0 spiro atoms. The summed E-state index contributed by atoms with van der Waals surface area (Å²) in [6, 6.07) is 3.90. The van der Waals surface area contributed by atoms with Crippen LogP contribution in [0.5, 0.6) is 5.75 Å². The van der Waals surface area contributed by atoms with Crippen LogP contribution in [0.4, 0.5) is 0 Å². The first-order valence-electron chi connectivity index (χ1n) is 4.99. The van der Waals surface area contributed by atoms with Gasteiger partial charge in [-0.05, 0) is 30.0 Å². The second kappa shape index (κ2) is 3.97. The van der Waals surface area contributed by atoms with E-state index in [1.807, 2.05) is 12.1 Å². The number of hydrogen-bond acceptors (Lipinski definition) is 2. The van der Waals surface area contributed by atoms with Gasteiger partial charge in [-0.1, -0.05) is 22.9 Å². The SMILES string of the molecule is COc1ccc(Br)c2c1C(C=O)C(C)C2. The van der Waals surface area contributed by atoms with Crippen molar-refractivity contribution in [3.8, 4) is 5.75 Å². The summed E-state index contributed by atoms with van der Waals surface area (Å²) >= 11 is 3.52. The highest BCUT2D eigenvalue weighted by atomic mass is 79.9. The van der Waals surface area contributed by atoms with E-state index in [0.29, 0.717) is 5.92 Å². The van der Waals surface area contributed by atoms with E-state index in [2.05, 4.69) is 22.9 Å². The van der Waals surface area contributed by atoms with E-state index in [0.717, 1.165) is 28.5 Å². The maximum atomic E-state index is 11.1. The lowest BCUT2D eigenvalue weighted by Crippen LogP contribution is -2.05. The minimum atomic E-state index is -0.0209. The fraction of sp³-hybridized carbons (Fsp3) is 0.417. The summed E-state index contributed by atoms with van der Waals surface area (Å²) in [5, 5.41) is 0. The van der Waals surface area contributed by atoms with Crippen molar-refractivity contribution in [1.82, 2.24) is 0 Å². The Morgan fingerprint density at radius 3 is 2.87 bits per heavy atom. The smallest absolute Gasteiger partial charge is 0.127 e. The number of aldehydes is 1. The summed E-state index contributed by atoms with van der Waals surface area (Å²) in [4.78, 5) is 11.1. The van der Waals surface area contributed by atoms with Gasteiger partial charge in [-0.3, -0.25) is 0 Å². The summed E-state index contributed by atoms with van der Waals surface area (Å²) in [6.07, 6.45) is 1.97. The van der Waals surface area contributed by atoms with Gasteiger partial charge < -0.3 is 9.53 Å². The number of hydrogen-bond donors (Lipinski definition) is 0. The van der Waals surface area contributed by atoms with Gasteiger partial charge in [0.15, 0.2) is 0 Å². The highest BCUT2D eigenvalue weighted by molar-refractivity contribution is 9.10. The fourth-order valence-electron chi connectivity index (χ4n) is 2.30. The number of carbonyl (C=O) groups excluding carboxylic acids is 1. The molecule has 0 bridgehead atoms. The van der Waals surface area contributed by atoms with Crippen molar-refractivity contribution < 1.29 is 9.53 Å². The third kappa shape index (κ3) is 1.59. The second-order valence-corrected chi connectivity index (χ2v) is 4.84. The zero-order chi connectivity index (χ0) is 11.0. The summed E-state index contributed by atoms with van der Waals surface area (Å²) < 4.78 is 6.39. The van der Waals surface area contributed by atoms with Crippen LogP contribution in [0.25, 0.3) is 0 Å². The largest absolute Gasteiger partial charge is 0.496 e. The van der Waals surface area contributed by atoms with Crippen molar-refractivity contribution in [3.63, 3.8) is 0 Å². The van der Waals surface area contributed by atoms with Crippen molar-refractivity contribution in [2.24, 2.45) is 5.92 Å². The van der Waals surface area contributed by atoms with Crippen LogP contribution in [0, 0.1) is 5.92 Å². The van der Waals surface area contributed by atoms with E-state index < -0.39 is 0 Å². The lowest BCUT2D eigenvalue weighted by Gasteiger charge is -2.12. The number of halogens is 1. The normalized spacial score (nSPS) is 23.7. The van der Waals surface area contributed by atoms with Crippen LogP contribution in [0.1, 0.15) is 24.0 Å². The zero-order valence-electron chi connectivity index (χ0n) is 8.79. The lowest BCUT2D eigenvalue weighted by atomic mass is 9.95. The van der Waals surface area contributed by atoms with Crippen LogP contribution in [-0.2, 0) is 11.2 Å². The van der Waals surface area contributed by atoms with Crippen molar-refractivity contribution in [2.75, 3.05) is 7.11 Å². The molecule has 2 atom stereocenters. The Balaban J connectivity index is 2.61. The number of rotatable bonds is 2. The first kappa shape index (κ1) is 10.7. The minimum absolute atomic E-state index is 0.0209. The Morgan fingerprint density at radius 1 is 1.53 bits per heavy atom. The lowest BCUT2D eigenvalue weighted by molar-refractivity contribution is -0.109. The number of ether oxygens (including phenoxy) is 1. The van der Waals surface area contributed by atoms with Gasteiger partial charge in [0.2, 0.25) is 0 Å². The molecule has 3 heteroatoms. The van der Waals surface area contributed by atoms with E-state index in [4.69, 9.17) is 4.74 Å². The predicted octanol–water partition coefficient (Wildman–Crippen LogP) is 2.93. The summed E-state index contributed by atoms with van der Waals surface area (Å²) in [6.45, 7) is 2.10. The number of methoxy groups -OCH3 is 1. The third-order valence-corrected chi connectivity index (χ3v) is 3.84. The molecule has 2 nitrogen and oxygen atoms in total. The molecule has 2 unspecified atom stereocenters. The van der Waals surface area contributed by atoms with Crippen LogP contribution < -0.4 is 4.74 Å². The number of benzene rings is 1. The molecule has 0 fully saturated rings. The van der Waals surface area contributed by atoms with Crippen LogP contribution in [0.2, 0.25) is 0 Å². The molecule has 1 aliphatic rings. The van der Waals surface area contributed by atoms with Gasteiger partial charge in [0, 0.05) is 16.0 Å². The van der Waals surface area contributed by atoms with Crippen molar-refractivity contribution in [1.29, 1.82) is 0 Å². The molecule has 0 saturated heterocycles. The average Bonchev–Trinajstić information content (AvgIpc) is 2.56. The molecule has 80 valence electrons. The van der Waals surface area contributed by atoms with Crippen molar-refractivity contribution in [3.05, 3.63) is 27.7 Å². The predicted molar refractivity (Wildman–Crippen MR) is 62.4 cm³/mol. The quantitative estimate of drug-likeness (QED) is 0.771. The maximum absolute atomic E-state index is 11.1. The van der Waals surface area contributed by atoms with E-state index in [1.54, 1.807) is 7.11 Å². The molecule has 15 heavy (non-hydrogen) atoms. The van der Waals surface area contributed by atoms with E-state index >= 15 is 0 Å². The Hall–Kier alpha value is -0.830. The standard InChI is InChI=1S/C12H13BrO2/c1-7-5-8-10(13)3-4-11(15-2)12(8)9(7)6-14/h3-4,6-7,9H,5H2,1-2H3. The van der Waals surface area contributed by atoms with E-state index in [1.165, 1.54) is 5.56 Å². The average molecular weight is 269 g/mol. The molecule has 1 aliphatic carbocycles. The van der Waals surface area contributed by atoms with E-state index in [9.17, 15) is 4.79 Å². The van der Waals surface area contributed by atoms with Crippen LogP contribution >= 0.6 is 15.9 Å². The molecule has 0 aliphatic heterocycles. The molecule has 0 radical (unpaired) electrons. The highest BCUT2D eigenvalue weighted by Gasteiger charge is 2.33. The van der Waals surface area contributed by atoms with Crippen molar-refractivity contribution in [2.45, 2.75) is 19.3 Å². The molecular weight excluding hydrogens is 256 g/mol. The number of fused-ring (bicyclic) bond motifs is 1. The summed E-state index contributed by atoms with van der Waals surface area (Å²) in [5.41, 5.74) is 2.29. The zero-order valence-corrected chi connectivity index (χ0v) is 10.4. The molecule has 0 aromatic heterocycles. The van der Waals surface area contributed by atoms with Gasteiger partial charge in [-0.25, -0.2) is 0 Å². The van der Waals surface area contributed by atoms with Crippen LogP contribution in [0.15, 0.2) is 16.6 Å². The molecular formula is C12H13BrO2. The minimum Gasteiger partial charge on any atom is -0.496 e. The molecule has 0 heterocycles. The van der Waals surface area contributed by atoms with Crippen molar-refractivity contribution >= 4 is 22.2 Å². The molecule has 0 saturated carbocycles. The second-order valence-electron chi connectivity index (χ2n) is 3.99. The Kier molecular flexibility index (Phi) is 2.83. The Morgan fingerprint density at radius 2 is 2.27 bits per heavy atom. The fourth-order valence-corrected chi connectivity index (χ4v) is 2.81. The van der Waals surface area contributed by atoms with Gasteiger partial charge in [0.05, 0.1) is 7.11 Å². The summed E-state index contributed by atoms with van der Waals surface area (Å²) in [5.74, 6) is 1.17. The van der Waals surface area contributed by atoms with Gasteiger partial charge >= 0.3 is 0 Å². The molecule has 2 rings (SSSR count). The van der Waals surface area contributed by atoms with E-state index in [-0.39, 0.29) is 5.92 Å². The van der Waals surface area contributed by atoms with Gasteiger partial charge in [0.1, 0.15) is 12.0 Å². The Bertz CT molecular complexity index is 401. The molecule has 1 aromatic rings.